The number of halogens is 29. The topological polar surface area (TPSA) is 42.2 Å². The van der Waals surface area contributed by atoms with Crippen LogP contribution in [-0.2, 0) is 37.1 Å². The number of alkyl halides is 28. The molecule has 0 amide bonds. The van der Waals surface area contributed by atoms with Crippen LogP contribution in [0.15, 0.2) is 119 Å². The van der Waals surface area contributed by atoms with Gasteiger partial charge in [0.15, 0.2) is 0 Å². The molecule has 0 aliphatic rings. The van der Waals surface area contributed by atoms with Gasteiger partial charge in [-0.25, -0.2) is 8.78 Å². The van der Waals surface area contributed by atoms with Crippen molar-refractivity contribution in [1.29, 1.82) is 5.26 Å². The highest BCUT2D eigenvalue weighted by Gasteiger charge is 2.38. The molecule has 0 aliphatic heterocycles. The molecule has 6 aromatic carbocycles. The van der Waals surface area contributed by atoms with E-state index in [1.54, 1.807) is 81.4 Å². The van der Waals surface area contributed by atoms with Crippen LogP contribution in [0.5, 0.6) is 11.5 Å². The van der Waals surface area contributed by atoms with Crippen LogP contribution in [0, 0.1) is 11.3 Å². The van der Waals surface area contributed by atoms with E-state index in [-0.39, 0.29) is 57.8 Å². The van der Waals surface area contributed by atoms with Gasteiger partial charge in [-0.05, 0) is 190 Å². The minimum absolute atomic E-state index is 0.0283. The van der Waals surface area contributed by atoms with Crippen molar-refractivity contribution in [3.05, 3.63) is 192 Å². The molecular formula is C65H62BrF28NO2S. The monoisotopic (exact) mass is 1530 g/mol. The van der Waals surface area contributed by atoms with Crippen LogP contribution in [0.4, 0.5) is 123 Å². The summed E-state index contributed by atoms with van der Waals surface area (Å²) in [5, 5.41) is 8.62. The molecule has 0 atom stereocenters. The summed E-state index contributed by atoms with van der Waals surface area (Å²) in [4.78, 5) is -0.443. The van der Waals surface area contributed by atoms with Gasteiger partial charge in [0, 0.05) is 14.9 Å². The molecule has 98 heavy (non-hydrogen) atoms. The molecule has 0 bridgehead atoms. The van der Waals surface area contributed by atoms with E-state index < -0.39 is 129 Å². The Bertz CT molecular complexity index is 3400. The molecule has 0 fully saturated rings. The highest BCUT2D eigenvalue weighted by molar-refractivity contribution is 9.10. The number of ether oxygens (including phenoxy) is 2. The normalized spacial score (nSPS) is 12.5. The van der Waals surface area contributed by atoms with Crippen LogP contribution in [0.3, 0.4) is 0 Å². The van der Waals surface area contributed by atoms with E-state index in [9.17, 15) is 123 Å². The molecule has 6 aromatic rings. The second-order valence-electron chi connectivity index (χ2n) is 22.7. The lowest BCUT2D eigenvalue weighted by Crippen LogP contribution is -2.18. The Morgan fingerprint density at radius 2 is 0.622 bits per heavy atom. The highest BCUT2D eigenvalue weighted by atomic mass is 79.9. The van der Waals surface area contributed by atoms with Crippen molar-refractivity contribution in [3.8, 4) is 17.6 Å². The van der Waals surface area contributed by atoms with E-state index in [1.807, 2.05) is 13.8 Å². The van der Waals surface area contributed by atoms with Crippen LogP contribution in [0.2, 0.25) is 0 Å². The standard InChI is InChI=1S/C11H10F6O.C11H10F6S.C11H11F5O.C11H11F5.C11H10F3N.C10H10BrF3/c2*1-6(2)7-3-8(10(12,13)14)5-9(4-7)18-11(15,16)17;1-6(2)7-3-8(11(14,15)16)5-9(4-7)17-10(12)13;1-6(2)7-3-8(10(12)13)5-9(4-7)11(14,15)16;1-7(2)9-3-8(6-15)4-10(5-9)11(12,13)14;1-6(2)7-3-8(10(12,13)14)5-9(11)4-7/h2*3-6H,1-2H3;3-6,10H,1-2H3;3-6,10H,1-2H3;3-5,7H,1-2H3;3-6H,1-2H3. The molecule has 0 unspecified atom stereocenters. The summed E-state index contributed by atoms with van der Waals surface area (Å²) in [5.74, 6) is -2.33. The van der Waals surface area contributed by atoms with Gasteiger partial charge in [-0.2, -0.15) is 106 Å². The number of hydrogen-bond donors (Lipinski definition) is 0. The lowest BCUT2D eigenvalue weighted by atomic mass is 9.97. The van der Waals surface area contributed by atoms with Gasteiger partial charge in [0.25, 0.3) is 6.43 Å². The summed E-state index contributed by atoms with van der Waals surface area (Å²) in [6, 6.07) is 19.0. The second kappa shape index (κ2) is 36.1. The van der Waals surface area contributed by atoms with E-state index in [4.69, 9.17) is 5.26 Å². The molecule has 548 valence electrons. The maximum absolute atomic E-state index is 12.6. The average molecular weight is 1530 g/mol. The smallest absolute Gasteiger partial charge is 0.435 e. The summed E-state index contributed by atoms with van der Waals surface area (Å²) < 4.78 is 354. The molecule has 0 saturated carbocycles. The Morgan fingerprint density at radius 1 is 0.337 bits per heavy atom. The summed E-state index contributed by atoms with van der Waals surface area (Å²) in [6.07, 6.45) is -35.1. The molecule has 0 radical (unpaired) electrons. The number of rotatable bonds is 11. The summed E-state index contributed by atoms with van der Waals surface area (Å²) in [6.45, 7) is 17.2. The lowest BCUT2D eigenvalue weighted by molar-refractivity contribution is -0.274. The minimum atomic E-state index is -5.02. The number of thioether (sulfide) groups is 1. The Morgan fingerprint density at radius 3 is 0.949 bits per heavy atom. The molecule has 33 heteroatoms. The zero-order valence-corrected chi connectivity index (χ0v) is 55.5. The van der Waals surface area contributed by atoms with Gasteiger partial charge in [0.05, 0.1) is 45.0 Å². The molecular weight excluding hydrogens is 1470 g/mol. The van der Waals surface area contributed by atoms with Crippen molar-refractivity contribution in [2.24, 2.45) is 0 Å². The molecule has 0 spiro atoms. The van der Waals surface area contributed by atoms with E-state index in [0.29, 0.717) is 45.4 Å². The van der Waals surface area contributed by atoms with Gasteiger partial charge in [-0.3, -0.25) is 0 Å². The van der Waals surface area contributed by atoms with E-state index in [2.05, 4.69) is 25.4 Å². The zero-order valence-electron chi connectivity index (χ0n) is 53.1. The van der Waals surface area contributed by atoms with Crippen LogP contribution in [-0.4, -0.2) is 18.5 Å². The van der Waals surface area contributed by atoms with Gasteiger partial charge in [-0.1, -0.05) is 99.0 Å². The Hall–Kier alpha value is -6.72. The van der Waals surface area contributed by atoms with Crippen molar-refractivity contribution in [2.75, 3.05) is 0 Å². The summed E-state index contributed by atoms with van der Waals surface area (Å²) in [7, 11) is 0. The van der Waals surface area contributed by atoms with E-state index in [0.717, 1.165) is 60.7 Å². The molecule has 6 rings (SSSR count). The first-order valence-corrected chi connectivity index (χ1v) is 29.8. The minimum Gasteiger partial charge on any atom is -0.435 e. The summed E-state index contributed by atoms with van der Waals surface area (Å²) in [5.41, 5.74) is -8.57. The van der Waals surface area contributed by atoms with Gasteiger partial charge >= 0.3 is 55.5 Å². The molecule has 0 aliphatic carbocycles. The largest absolute Gasteiger partial charge is 0.573 e. The van der Waals surface area contributed by atoms with Crippen molar-refractivity contribution in [1.82, 2.24) is 0 Å². The third-order valence-corrected chi connectivity index (χ3v) is 13.8. The predicted octanol–water partition coefficient (Wildman–Crippen LogP) is 27.7. The molecule has 0 aromatic heterocycles. The fourth-order valence-corrected chi connectivity index (χ4v) is 8.69. The predicted molar refractivity (Wildman–Crippen MR) is 316 cm³/mol. The zero-order chi connectivity index (χ0) is 76.6. The highest BCUT2D eigenvalue weighted by Crippen LogP contribution is 2.43. The SMILES string of the molecule is CC(C)c1cc(Br)cc(C(F)(F)F)c1.CC(C)c1cc(C#N)cc(C(F)(F)F)c1.CC(C)c1cc(C(F)F)cc(C(F)(F)F)c1.CC(C)c1cc(OC(F)(F)F)cc(C(F)(F)F)c1.CC(C)c1cc(OC(F)F)cc(C(F)(F)F)c1.CC(C)c1cc(SC(F)(F)F)cc(C(F)(F)F)c1. The fourth-order valence-electron chi connectivity index (χ4n) is 7.54. The molecule has 0 heterocycles. The van der Waals surface area contributed by atoms with Gasteiger partial charge in [0.2, 0.25) is 0 Å². The first-order valence-electron chi connectivity index (χ1n) is 28.2. The number of hydrogen-bond acceptors (Lipinski definition) is 4. The first kappa shape index (κ1) is 89.3. The summed E-state index contributed by atoms with van der Waals surface area (Å²) >= 11 is 2.54. The van der Waals surface area contributed by atoms with Gasteiger partial charge in [0.1, 0.15) is 11.5 Å². The number of benzene rings is 6. The molecule has 0 saturated heterocycles. The quantitative estimate of drug-likeness (QED) is 0.0958. The van der Waals surface area contributed by atoms with Crippen LogP contribution < -0.4 is 9.47 Å². The van der Waals surface area contributed by atoms with Crippen molar-refractivity contribution < 1.29 is 132 Å². The number of nitrogens with zero attached hydrogens (tertiary/aromatic N) is 1. The van der Waals surface area contributed by atoms with Crippen LogP contribution in [0.1, 0.15) is 203 Å². The van der Waals surface area contributed by atoms with Crippen LogP contribution in [0.25, 0.3) is 0 Å². The first-order chi connectivity index (χ1) is 44.0. The molecule has 3 nitrogen and oxygen atoms in total. The van der Waals surface area contributed by atoms with Gasteiger partial charge in [-0.15, -0.1) is 13.2 Å². The third kappa shape index (κ3) is 33.0. The van der Waals surface area contributed by atoms with Crippen molar-refractivity contribution in [2.45, 2.75) is 185 Å². The van der Waals surface area contributed by atoms with E-state index >= 15 is 0 Å². The maximum Gasteiger partial charge on any atom is 0.573 e. The van der Waals surface area contributed by atoms with Crippen molar-refractivity contribution in [3.63, 3.8) is 0 Å². The maximum atomic E-state index is 12.6. The lowest BCUT2D eigenvalue weighted by Gasteiger charge is -2.15. The van der Waals surface area contributed by atoms with Gasteiger partial charge < -0.3 is 9.47 Å². The Balaban J connectivity index is 0.000000589. The second-order valence-corrected chi connectivity index (χ2v) is 24.7. The Labute approximate surface area is 558 Å². The number of nitriles is 1. The average Bonchev–Trinajstić information content (AvgIpc) is 0.858. The van der Waals surface area contributed by atoms with Crippen LogP contribution >= 0.6 is 27.7 Å². The van der Waals surface area contributed by atoms with Crippen molar-refractivity contribution >= 4 is 27.7 Å². The van der Waals surface area contributed by atoms with E-state index in [1.165, 1.54) is 18.2 Å². The third-order valence-electron chi connectivity index (χ3n) is 12.7. The Kier molecular flexibility index (Phi) is 32.8. The fraction of sp³-hybridized carbons (Fsp3) is 0.431. The molecule has 0 N–H and O–H groups in total.